The summed E-state index contributed by atoms with van der Waals surface area (Å²) in [5.74, 6) is -1.63. The SMILES string of the molecule is NB(F)C(=O)O. The average Bonchev–Trinajstić information content (AvgIpc) is 1.36. The van der Waals surface area contributed by atoms with E-state index >= 15 is 0 Å². The van der Waals surface area contributed by atoms with Crippen molar-refractivity contribution in [2.75, 3.05) is 0 Å². The Morgan fingerprint density at radius 2 is 2.17 bits per heavy atom. The smallest absolute Gasteiger partial charge is 0.485 e. The van der Waals surface area contributed by atoms with E-state index in [1.54, 1.807) is 0 Å². The summed E-state index contributed by atoms with van der Waals surface area (Å²) in [7, 11) is -2.23. The number of hydrogen-bond acceptors (Lipinski definition) is 2. The van der Waals surface area contributed by atoms with Crippen molar-refractivity contribution in [1.82, 2.24) is 0 Å². The van der Waals surface area contributed by atoms with E-state index in [1.165, 1.54) is 0 Å². The topological polar surface area (TPSA) is 63.3 Å². The Kier molecular flexibility index (Phi) is 1.59. The molecule has 0 aromatic carbocycles. The lowest BCUT2D eigenvalue weighted by Crippen LogP contribution is -2.29. The van der Waals surface area contributed by atoms with Crippen molar-refractivity contribution < 1.29 is 14.2 Å². The molecular weight excluding hydrogens is 87.8 g/mol. The Bertz CT molecular complexity index is 64.6. The molecule has 0 rings (SSSR count). The Balaban J connectivity index is 3.26. The maximum Gasteiger partial charge on any atom is 0.547 e. The van der Waals surface area contributed by atoms with Gasteiger partial charge in [0.15, 0.2) is 0 Å². The zero-order valence-electron chi connectivity index (χ0n) is 2.89. The van der Waals surface area contributed by atoms with Crippen molar-refractivity contribution in [2.24, 2.45) is 5.64 Å². The minimum atomic E-state index is -2.23. The highest BCUT2D eigenvalue weighted by atomic mass is 19.1. The van der Waals surface area contributed by atoms with Gasteiger partial charge in [0, 0.05) is 0 Å². The van der Waals surface area contributed by atoms with E-state index in [2.05, 4.69) is 5.64 Å². The standard InChI is InChI=1S/CH3BFNO2/c3-2(4)1(5)6/h4H2,(H,5,6). The monoisotopic (exact) mass is 91.0 g/mol. The maximum atomic E-state index is 11.0. The molecule has 0 atom stereocenters. The summed E-state index contributed by atoms with van der Waals surface area (Å²) >= 11 is 0. The summed E-state index contributed by atoms with van der Waals surface area (Å²) in [6.45, 7) is 0. The molecule has 0 aromatic heterocycles. The van der Waals surface area contributed by atoms with Crippen LogP contribution >= 0.6 is 0 Å². The molecule has 0 radical (unpaired) electrons. The lowest BCUT2D eigenvalue weighted by Gasteiger charge is -1.79. The fraction of sp³-hybridized carbons (Fsp3) is 0. The van der Waals surface area contributed by atoms with Gasteiger partial charge in [-0.25, -0.2) is 0 Å². The van der Waals surface area contributed by atoms with Crippen molar-refractivity contribution in [3.8, 4) is 0 Å². The van der Waals surface area contributed by atoms with Crippen LogP contribution in [0.2, 0.25) is 0 Å². The van der Waals surface area contributed by atoms with Crippen LogP contribution in [0.25, 0.3) is 0 Å². The second-order valence-electron chi connectivity index (χ2n) is 0.740. The van der Waals surface area contributed by atoms with Gasteiger partial charge in [-0.2, -0.15) is 0 Å². The summed E-state index contributed by atoms with van der Waals surface area (Å²) in [6.07, 6.45) is 0. The minimum absolute atomic E-state index is 1.63. The molecule has 0 fully saturated rings. The Morgan fingerprint density at radius 1 is 2.00 bits per heavy atom. The number of carbonyl (C=O) groups is 1. The highest BCUT2D eigenvalue weighted by Gasteiger charge is 2.16. The van der Waals surface area contributed by atoms with Gasteiger partial charge >= 0.3 is 13.0 Å². The first kappa shape index (κ1) is 5.42. The first-order chi connectivity index (χ1) is 2.64. The zero-order valence-corrected chi connectivity index (χ0v) is 2.89. The van der Waals surface area contributed by atoms with Crippen LogP contribution in [0.15, 0.2) is 0 Å². The van der Waals surface area contributed by atoms with Gasteiger partial charge in [-0.15, -0.1) is 0 Å². The predicted molar refractivity (Wildman–Crippen MR) is 19.1 cm³/mol. The molecule has 0 saturated carbocycles. The highest BCUT2D eigenvalue weighted by Crippen LogP contribution is 1.70. The Labute approximate surface area is 34.1 Å². The molecule has 0 aliphatic carbocycles. The lowest BCUT2D eigenvalue weighted by molar-refractivity contribution is 0.217. The molecule has 34 valence electrons. The van der Waals surface area contributed by atoms with E-state index in [-0.39, 0.29) is 0 Å². The van der Waals surface area contributed by atoms with E-state index in [4.69, 9.17) is 5.11 Å². The van der Waals surface area contributed by atoms with E-state index in [0.29, 0.717) is 0 Å². The fourth-order valence-corrected chi connectivity index (χ4v) is 0. The molecule has 6 heavy (non-hydrogen) atoms. The molecule has 0 amide bonds. The maximum absolute atomic E-state index is 11.0. The Morgan fingerprint density at radius 3 is 2.17 bits per heavy atom. The van der Waals surface area contributed by atoms with Gasteiger partial charge in [0.25, 0.3) is 0 Å². The molecule has 5 heteroatoms. The lowest BCUT2D eigenvalue weighted by atomic mass is 9.92. The molecule has 3 nitrogen and oxygen atoms in total. The number of nitrogens with two attached hydrogens (primary N) is 1. The molecule has 0 unspecified atom stereocenters. The van der Waals surface area contributed by atoms with Gasteiger partial charge in [-0.3, -0.25) is 9.11 Å². The van der Waals surface area contributed by atoms with Crippen LogP contribution in [-0.2, 0) is 0 Å². The van der Waals surface area contributed by atoms with Gasteiger partial charge in [0.2, 0.25) is 0 Å². The van der Waals surface area contributed by atoms with Crippen molar-refractivity contribution in [3.05, 3.63) is 0 Å². The quantitative estimate of drug-likeness (QED) is 0.434. The Hall–Kier alpha value is -0.575. The molecule has 0 heterocycles. The van der Waals surface area contributed by atoms with Crippen molar-refractivity contribution in [1.29, 1.82) is 0 Å². The van der Waals surface area contributed by atoms with Gasteiger partial charge < -0.3 is 10.8 Å². The van der Waals surface area contributed by atoms with Crippen LogP contribution in [0, 0.1) is 0 Å². The van der Waals surface area contributed by atoms with Crippen LogP contribution in [-0.4, -0.2) is 18.1 Å². The first-order valence-electron chi connectivity index (χ1n) is 1.27. The first-order valence-corrected chi connectivity index (χ1v) is 1.27. The van der Waals surface area contributed by atoms with Gasteiger partial charge in [-0.1, -0.05) is 0 Å². The fourth-order valence-electron chi connectivity index (χ4n) is 0. The van der Waals surface area contributed by atoms with E-state index in [9.17, 15) is 9.11 Å². The average molecular weight is 90.8 g/mol. The predicted octanol–water partition coefficient (Wildman–Crippen LogP) is -0.337. The van der Waals surface area contributed by atoms with Crippen LogP contribution in [0.1, 0.15) is 0 Å². The third-order valence-corrected chi connectivity index (χ3v) is 0.236. The molecule has 0 bridgehead atoms. The van der Waals surface area contributed by atoms with Gasteiger partial charge in [0.05, 0.1) is 0 Å². The van der Waals surface area contributed by atoms with Crippen molar-refractivity contribution in [3.63, 3.8) is 0 Å². The zero-order chi connectivity index (χ0) is 5.15. The third-order valence-electron chi connectivity index (χ3n) is 0.236. The number of carboxylic acid groups (broad SMARTS) is 1. The summed E-state index contributed by atoms with van der Waals surface area (Å²) in [5.41, 5.74) is 4.17. The van der Waals surface area contributed by atoms with E-state index in [1.807, 2.05) is 0 Å². The minimum Gasteiger partial charge on any atom is -0.485 e. The largest absolute Gasteiger partial charge is 0.547 e. The van der Waals surface area contributed by atoms with Gasteiger partial charge in [-0.05, 0) is 0 Å². The molecule has 0 aromatic rings. The summed E-state index contributed by atoms with van der Waals surface area (Å²) < 4.78 is 11.0. The number of rotatable bonds is 1. The second-order valence-corrected chi connectivity index (χ2v) is 0.740. The molecular formula is CH3BFNO2. The van der Waals surface area contributed by atoms with Crippen LogP contribution in [0.3, 0.4) is 0 Å². The van der Waals surface area contributed by atoms with E-state index < -0.39 is 13.0 Å². The summed E-state index contributed by atoms with van der Waals surface area (Å²) in [5, 5.41) is 7.49. The van der Waals surface area contributed by atoms with Crippen LogP contribution in [0.5, 0.6) is 0 Å². The van der Waals surface area contributed by atoms with Gasteiger partial charge in [0.1, 0.15) is 0 Å². The third kappa shape index (κ3) is 1.72. The summed E-state index contributed by atoms with van der Waals surface area (Å²) in [4.78, 5) is 9.20. The van der Waals surface area contributed by atoms with E-state index in [0.717, 1.165) is 0 Å². The number of hydrogen-bond donors (Lipinski definition) is 2. The normalized spacial score (nSPS) is 7.67. The number of halogens is 1. The van der Waals surface area contributed by atoms with Crippen molar-refractivity contribution in [2.45, 2.75) is 0 Å². The molecule has 0 spiro atoms. The second kappa shape index (κ2) is 1.76. The van der Waals surface area contributed by atoms with Crippen LogP contribution < -0.4 is 5.64 Å². The highest BCUT2D eigenvalue weighted by molar-refractivity contribution is 6.80. The summed E-state index contributed by atoms with van der Waals surface area (Å²) in [6, 6.07) is 0. The molecule has 3 N–H and O–H groups in total. The molecule has 0 aliphatic rings. The van der Waals surface area contributed by atoms with Crippen molar-refractivity contribution >= 4 is 13.0 Å². The molecule has 0 aliphatic heterocycles. The van der Waals surface area contributed by atoms with Crippen LogP contribution in [0.4, 0.5) is 9.11 Å². The molecule has 0 saturated heterocycles.